The summed E-state index contributed by atoms with van der Waals surface area (Å²) >= 11 is 0. The average Bonchev–Trinajstić information content (AvgIpc) is 2.63. The first-order valence-electron chi connectivity index (χ1n) is 6.34. The van der Waals surface area contributed by atoms with E-state index in [9.17, 15) is 19.2 Å². The molecule has 1 aliphatic rings. The van der Waals surface area contributed by atoms with Crippen LogP contribution in [0.3, 0.4) is 0 Å². The molecule has 6 nitrogen and oxygen atoms in total. The fourth-order valence-electron chi connectivity index (χ4n) is 2.43. The topological polar surface area (TPSA) is 86.7 Å². The molecule has 0 bridgehead atoms. The predicted molar refractivity (Wildman–Crippen MR) is 70.7 cm³/mol. The van der Waals surface area contributed by atoms with Crippen LogP contribution < -0.4 is 0 Å². The van der Waals surface area contributed by atoms with Crippen molar-refractivity contribution in [2.45, 2.75) is 6.42 Å². The van der Waals surface area contributed by atoms with Gasteiger partial charge in [0.2, 0.25) is 0 Å². The van der Waals surface area contributed by atoms with Gasteiger partial charge in [0.05, 0.1) is 14.2 Å². The summed E-state index contributed by atoms with van der Waals surface area (Å²) in [5.41, 5.74) is 0.258. The lowest BCUT2D eigenvalue weighted by atomic mass is 9.91. The maximum Gasteiger partial charge on any atom is 0.316 e. The van der Waals surface area contributed by atoms with E-state index < -0.39 is 35.3 Å². The standard InChI is InChI=1S/C15H14O6/c1-20-14(18)10-7-11(15(19)21-2)13(17)9-6-4-3-5-8(9)12(10)16/h3-6,10-11H,7H2,1-2H3/t10-,11-/m1/s1. The molecule has 0 spiro atoms. The highest BCUT2D eigenvalue weighted by Crippen LogP contribution is 2.29. The SMILES string of the molecule is COC(=O)[C@@H]1C[C@@H](C(=O)OC)C(=O)c2ccccc2C1=O. The van der Waals surface area contributed by atoms with Crippen molar-refractivity contribution in [2.24, 2.45) is 11.8 Å². The maximum atomic E-state index is 12.4. The van der Waals surface area contributed by atoms with Gasteiger partial charge in [-0.05, 0) is 6.42 Å². The summed E-state index contributed by atoms with van der Waals surface area (Å²) in [4.78, 5) is 48.5. The second-order valence-electron chi connectivity index (χ2n) is 4.66. The molecule has 0 fully saturated rings. The highest BCUT2D eigenvalue weighted by atomic mass is 16.5. The number of methoxy groups -OCH3 is 2. The van der Waals surface area contributed by atoms with Crippen LogP contribution in [0.1, 0.15) is 27.1 Å². The molecule has 0 saturated carbocycles. The maximum absolute atomic E-state index is 12.4. The third-order valence-electron chi connectivity index (χ3n) is 3.53. The molecule has 1 aromatic carbocycles. The second kappa shape index (κ2) is 5.87. The Bertz CT molecular complexity index is 565. The lowest BCUT2D eigenvalue weighted by Crippen LogP contribution is -2.30. The number of carbonyl (C=O) groups excluding carboxylic acids is 4. The number of fused-ring (bicyclic) bond motifs is 1. The molecule has 0 N–H and O–H groups in total. The number of hydrogen-bond donors (Lipinski definition) is 0. The molecule has 2 atom stereocenters. The van der Waals surface area contributed by atoms with Gasteiger partial charge in [0.15, 0.2) is 11.6 Å². The third-order valence-corrected chi connectivity index (χ3v) is 3.53. The van der Waals surface area contributed by atoms with Crippen LogP contribution in [-0.4, -0.2) is 37.7 Å². The molecular weight excluding hydrogens is 276 g/mol. The molecule has 0 aliphatic heterocycles. The van der Waals surface area contributed by atoms with Gasteiger partial charge in [-0.15, -0.1) is 0 Å². The molecule has 0 aromatic heterocycles. The summed E-state index contributed by atoms with van der Waals surface area (Å²) in [5.74, 6) is -4.94. The van der Waals surface area contributed by atoms with Gasteiger partial charge in [-0.1, -0.05) is 24.3 Å². The Morgan fingerprint density at radius 3 is 1.62 bits per heavy atom. The highest BCUT2D eigenvalue weighted by molar-refractivity contribution is 6.20. The van der Waals surface area contributed by atoms with Crippen molar-refractivity contribution >= 4 is 23.5 Å². The Kier molecular flexibility index (Phi) is 4.16. The summed E-state index contributed by atoms with van der Waals surface area (Å²) < 4.78 is 9.21. The van der Waals surface area contributed by atoms with Gasteiger partial charge in [-0.2, -0.15) is 0 Å². The van der Waals surface area contributed by atoms with Gasteiger partial charge in [-0.25, -0.2) is 0 Å². The van der Waals surface area contributed by atoms with Crippen molar-refractivity contribution in [2.75, 3.05) is 14.2 Å². The third kappa shape index (κ3) is 2.56. The van der Waals surface area contributed by atoms with Crippen LogP contribution in [0.25, 0.3) is 0 Å². The first-order chi connectivity index (χ1) is 10.0. The summed E-state index contributed by atoms with van der Waals surface area (Å²) in [6.07, 6.45) is -0.244. The minimum absolute atomic E-state index is 0.129. The van der Waals surface area contributed by atoms with E-state index in [1.165, 1.54) is 12.1 Å². The van der Waals surface area contributed by atoms with Gasteiger partial charge >= 0.3 is 11.9 Å². The molecular formula is C15H14O6. The van der Waals surface area contributed by atoms with Crippen LogP contribution in [0.4, 0.5) is 0 Å². The van der Waals surface area contributed by atoms with E-state index in [-0.39, 0.29) is 17.5 Å². The number of rotatable bonds is 2. The van der Waals surface area contributed by atoms with E-state index in [0.717, 1.165) is 14.2 Å². The Hall–Kier alpha value is -2.50. The summed E-state index contributed by atoms with van der Waals surface area (Å²) in [6.45, 7) is 0. The Balaban J connectivity index is 2.57. The second-order valence-corrected chi connectivity index (χ2v) is 4.66. The van der Waals surface area contributed by atoms with E-state index in [4.69, 9.17) is 0 Å². The van der Waals surface area contributed by atoms with E-state index >= 15 is 0 Å². The summed E-state index contributed by atoms with van der Waals surface area (Å²) in [5, 5.41) is 0. The van der Waals surface area contributed by atoms with Gasteiger partial charge in [-0.3, -0.25) is 19.2 Å². The highest BCUT2D eigenvalue weighted by Gasteiger charge is 2.42. The first-order valence-corrected chi connectivity index (χ1v) is 6.34. The Morgan fingerprint density at radius 1 is 0.905 bits per heavy atom. The molecule has 0 unspecified atom stereocenters. The van der Waals surface area contributed by atoms with Crippen molar-refractivity contribution < 1.29 is 28.7 Å². The molecule has 0 radical (unpaired) electrons. The van der Waals surface area contributed by atoms with Gasteiger partial charge in [0.25, 0.3) is 0 Å². The van der Waals surface area contributed by atoms with Crippen molar-refractivity contribution in [3.8, 4) is 0 Å². The molecule has 110 valence electrons. The lowest BCUT2D eigenvalue weighted by molar-refractivity contribution is -0.146. The molecule has 21 heavy (non-hydrogen) atoms. The summed E-state index contributed by atoms with van der Waals surface area (Å²) in [6, 6.07) is 6.12. The fourth-order valence-corrected chi connectivity index (χ4v) is 2.43. The molecule has 6 heteroatoms. The molecule has 0 amide bonds. The van der Waals surface area contributed by atoms with Crippen molar-refractivity contribution in [3.05, 3.63) is 35.4 Å². The van der Waals surface area contributed by atoms with E-state index in [1.54, 1.807) is 12.1 Å². The van der Waals surface area contributed by atoms with Gasteiger partial charge in [0.1, 0.15) is 11.8 Å². The smallest absolute Gasteiger partial charge is 0.316 e. The zero-order valence-electron chi connectivity index (χ0n) is 11.6. The normalized spacial score (nSPS) is 21.2. The number of ketones is 2. The zero-order valence-corrected chi connectivity index (χ0v) is 11.6. The molecule has 0 saturated heterocycles. The number of esters is 2. The lowest BCUT2D eigenvalue weighted by Gasteiger charge is -2.14. The van der Waals surface area contributed by atoms with Crippen LogP contribution in [0.5, 0.6) is 0 Å². The first kappa shape index (κ1) is 14.9. The quantitative estimate of drug-likeness (QED) is 0.459. The zero-order chi connectivity index (χ0) is 15.6. The van der Waals surface area contributed by atoms with Crippen molar-refractivity contribution in [1.29, 1.82) is 0 Å². The number of ether oxygens (including phenoxy) is 2. The number of hydrogen-bond acceptors (Lipinski definition) is 6. The monoisotopic (exact) mass is 290 g/mol. The van der Waals surface area contributed by atoms with Crippen molar-refractivity contribution in [3.63, 3.8) is 0 Å². The van der Waals surface area contributed by atoms with Crippen LogP contribution in [-0.2, 0) is 19.1 Å². The van der Waals surface area contributed by atoms with E-state index in [0.29, 0.717) is 0 Å². The minimum atomic E-state index is -1.19. The minimum Gasteiger partial charge on any atom is -0.468 e. The molecule has 2 rings (SSSR count). The largest absolute Gasteiger partial charge is 0.468 e. The molecule has 1 aliphatic carbocycles. The number of carbonyl (C=O) groups is 4. The predicted octanol–water partition coefficient (Wildman–Crippen LogP) is 1.03. The van der Waals surface area contributed by atoms with Crippen LogP contribution in [0.2, 0.25) is 0 Å². The Labute approximate surface area is 121 Å². The summed E-state index contributed by atoms with van der Waals surface area (Å²) in [7, 11) is 2.31. The fraction of sp³-hybridized carbons (Fsp3) is 0.333. The average molecular weight is 290 g/mol. The number of Topliss-reactive ketones (excluding diaryl/α,β-unsaturated/α-hetero) is 2. The molecule has 0 heterocycles. The van der Waals surface area contributed by atoms with E-state index in [1.807, 2.05) is 0 Å². The van der Waals surface area contributed by atoms with Crippen molar-refractivity contribution in [1.82, 2.24) is 0 Å². The van der Waals surface area contributed by atoms with E-state index in [2.05, 4.69) is 9.47 Å². The van der Waals surface area contributed by atoms with Gasteiger partial charge < -0.3 is 9.47 Å². The number of benzene rings is 1. The van der Waals surface area contributed by atoms with Crippen LogP contribution in [0, 0.1) is 11.8 Å². The molecule has 1 aromatic rings. The van der Waals surface area contributed by atoms with Gasteiger partial charge in [0, 0.05) is 11.1 Å². The van der Waals surface area contributed by atoms with Crippen LogP contribution >= 0.6 is 0 Å². The van der Waals surface area contributed by atoms with Crippen LogP contribution in [0.15, 0.2) is 24.3 Å². The Morgan fingerprint density at radius 2 is 1.29 bits per heavy atom.